The minimum absolute atomic E-state index is 0.0666. The predicted octanol–water partition coefficient (Wildman–Crippen LogP) is 5.81. The number of carbonyl (C=O) groups is 1. The summed E-state index contributed by atoms with van der Waals surface area (Å²) >= 11 is 1.37. The Bertz CT molecular complexity index is 1110. The first-order valence-electron chi connectivity index (χ1n) is 9.69. The van der Waals surface area contributed by atoms with Crippen molar-refractivity contribution in [1.29, 1.82) is 0 Å². The summed E-state index contributed by atoms with van der Waals surface area (Å²) in [5, 5.41) is 0.663. The molecule has 1 aliphatic rings. The lowest BCUT2D eigenvalue weighted by Gasteiger charge is -2.10. The summed E-state index contributed by atoms with van der Waals surface area (Å²) in [6.45, 7) is 2.54. The molecule has 1 heterocycles. The second-order valence-electron chi connectivity index (χ2n) is 7.02. The van der Waals surface area contributed by atoms with Gasteiger partial charge in [-0.2, -0.15) is 0 Å². The molecular weight excluding hydrogens is 392 g/mol. The van der Waals surface area contributed by atoms with Crippen molar-refractivity contribution in [3.8, 4) is 5.75 Å². The minimum atomic E-state index is -0.0666. The van der Waals surface area contributed by atoms with Crippen molar-refractivity contribution in [3.05, 3.63) is 100 Å². The van der Waals surface area contributed by atoms with Gasteiger partial charge in [0.25, 0.3) is 5.91 Å². The molecule has 3 aromatic carbocycles. The smallest absolute Gasteiger partial charge is 0.266 e. The number of rotatable bonds is 5. The maximum atomic E-state index is 12.7. The van der Waals surface area contributed by atoms with E-state index >= 15 is 0 Å². The van der Waals surface area contributed by atoms with E-state index in [2.05, 4.69) is 36.2 Å². The van der Waals surface area contributed by atoms with Crippen molar-refractivity contribution < 1.29 is 9.53 Å². The van der Waals surface area contributed by atoms with Gasteiger partial charge in [-0.15, -0.1) is 0 Å². The molecule has 1 amide bonds. The molecule has 5 heteroatoms. The van der Waals surface area contributed by atoms with Crippen LogP contribution in [-0.4, -0.2) is 23.0 Å². The Morgan fingerprint density at radius 1 is 0.967 bits per heavy atom. The van der Waals surface area contributed by atoms with Crippen molar-refractivity contribution in [2.24, 2.45) is 4.99 Å². The van der Waals surface area contributed by atoms with E-state index in [-0.39, 0.29) is 5.91 Å². The zero-order valence-corrected chi connectivity index (χ0v) is 17.7. The quantitative estimate of drug-likeness (QED) is 0.495. The fraction of sp³-hybridized carbons (Fsp3) is 0.120. The van der Waals surface area contributed by atoms with Crippen LogP contribution in [0, 0.1) is 6.92 Å². The van der Waals surface area contributed by atoms with Crippen LogP contribution in [0.25, 0.3) is 6.08 Å². The maximum Gasteiger partial charge on any atom is 0.266 e. The number of hydrogen-bond acceptors (Lipinski definition) is 4. The van der Waals surface area contributed by atoms with Crippen LogP contribution in [0.4, 0.5) is 5.69 Å². The van der Waals surface area contributed by atoms with Gasteiger partial charge in [-0.1, -0.05) is 66.2 Å². The molecule has 4 nitrogen and oxygen atoms in total. The highest BCUT2D eigenvalue weighted by Crippen LogP contribution is 2.34. The molecule has 0 saturated carbocycles. The molecule has 0 N–H and O–H groups in total. The standard InChI is InChI=1S/C25H22N2O2S/c1-18-12-14-19(15-13-18)17-29-22-11-7-6-8-20(22)16-23-24(28)27(2)25(30-23)26-21-9-4-3-5-10-21/h3-16H,17H2,1-2H3/b23-16+,26-25?. The summed E-state index contributed by atoms with van der Waals surface area (Å²) in [7, 11) is 1.75. The highest BCUT2D eigenvalue weighted by atomic mass is 32.2. The number of amides is 1. The summed E-state index contributed by atoms with van der Waals surface area (Å²) in [6.07, 6.45) is 1.88. The molecule has 4 rings (SSSR count). The molecule has 1 fully saturated rings. The van der Waals surface area contributed by atoms with Gasteiger partial charge in [-0.25, -0.2) is 4.99 Å². The molecule has 0 bridgehead atoms. The van der Waals surface area contributed by atoms with E-state index in [0.717, 1.165) is 22.6 Å². The number of benzene rings is 3. The van der Waals surface area contributed by atoms with Gasteiger partial charge in [-0.3, -0.25) is 9.69 Å². The predicted molar refractivity (Wildman–Crippen MR) is 124 cm³/mol. The van der Waals surface area contributed by atoms with E-state index < -0.39 is 0 Å². The summed E-state index contributed by atoms with van der Waals surface area (Å²) in [5.41, 5.74) is 4.02. The number of carbonyl (C=O) groups excluding carboxylic acids is 1. The minimum Gasteiger partial charge on any atom is -0.488 e. The Hall–Kier alpha value is -3.31. The molecule has 3 aromatic rings. The zero-order valence-electron chi connectivity index (χ0n) is 16.9. The average Bonchev–Trinajstić information content (AvgIpc) is 3.03. The molecule has 0 unspecified atom stereocenters. The van der Waals surface area contributed by atoms with Crippen molar-refractivity contribution >= 4 is 34.6 Å². The number of thioether (sulfide) groups is 1. The summed E-state index contributed by atoms with van der Waals surface area (Å²) in [6, 6.07) is 25.7. The zero-order chi connectivity index (χ0) is 20.9. The number of nitrogens with zero attached hydrogens (tertiary/aromatic N) is 2. The van der Waals surface area contributed by atoms with E-state index in [9.17, 15) is 4.79 Å². The van der Waals surface area contributed by atoms with Crippen LogP contribution >= 0.6 is 11.8 Å². The van der Waals surface area contributed by atoms with Crippen LogP contribution in [0.2, 0.25) is 0 Å². The SMILES string of the molecule is Cc1ccc(COc2ccccc2/C=C2/SC(=Nc3ccccc3)N(C)C2=O)cc1. The highest BCUT2D eigenvalue weighted by Gasteiger charge is 2.30. The maximum absolute atomic E-state index is 12.7. The van der Waals surface area contributed by atoms with Crippen LogP contribution in [0.5, 0.6) is 5.75 Å². The first-order valence-corrected chi connectivity index (χ1v) is 10.5. The largest absolute Gasteiger partial charge is 0.488 e. The molecule has 0 aliphatic carbocycles. The van der Waals surface area contributed by atoms with Crippen LogP contribution in [0.1, 0.15) is 16.7 Å². The molecule has 150 valence electrons. The molecule has 30 heavy (non-hydrogen) atoms. The van der Waals surface area contributed by atoms with Gasteiger partial charge in [0.2, 0.25) is 0 Å². The summed E-state index contributed by atoms with van der Waals surface area (Å²) in [4.78, 5) is 19.6. The van der Waals surface area contributed by atoms with Crippen LogP contribution in [-0.2, 0) is 11.4 Å². The van der Waals surface area contributed by atoms with Crippen molar-refractivity contribution in [2.45, 2.75) is 13.5 Å². The number of aryl methyl sites for hydroxylation is 1. The third-order valence-corrected chi connectivity index (χ3v) is 5.77. The fourth-order valence-electron chi connectivity index (χ4n) is 2.98. The number of aliphatic imine (C=N–C) groups is 1. The summed E-state index contributed by atoms with van der Waals surface area (Å²) in [5.74, 6) is 0.679. The van der Waals surface area contributed by atoms with E-state index in [4.69, 9.17) is 4.74 Å². The molecule has 1 saturated heterocycles. The van der Waals surface area contributed by atoms with Crippen LogP contribution < -0.4 is 4.74 Å². The topological polar surface area (TPSA) is 41.9 Å². The van der Waals surface area contributed by atoms with Crippen LogP contribution in [0.15, 0.2) is 88.8 Å². The van der Waals surface area contributed by atoms with Crippen molar-refractivity contribution in [2.75, 3.05) is 7.05 Å². The average molecular weight is 415 g/mol. The molecule has 0 radical (unpaired) electrons. The van der Waals surface area contributed by atoms with E-state index in [1.54, 1.807) is 11.9 Å². The van der Waals surface area contributed by atoms with E-state index in [1.165, 1.54) is 17.3 Å². The van der Waals surface area contributed by atoms with Gasteiger partial charge in [-0.05, 0) is 48.5 Å². The Morgan fingerprint density at radius 3 is 2.43 bits per heavy atom. The third kappa shape index (κ3) is 4.63. The van der Waals surface area contributed by atoms with E-state index in [1.807, 2.05) is 60.7 Å². The third-order valence-electron chi connectivity index (χ3n) is 4.71. The van der Waals surface area contributed by atoms with Gasteiger partial charge in [0.15, 0.2) is 5.17 Å². The molecule has 0 aromatic heterocycles. The van der Waals surface area contributed by atoms with Crippen molar-refractivity contribution in [1.82, 2.24) is 4.90 Å². The van der Waals surface area contributed by atoms with Crippen molar-refractivity contribution in [3.63, 3.8) is 0 Å². The number of ether oxygens (including phenoxy) is 1. The molecule has 0 spiro atoms. The lowest BCUT2D eigenvalue weighted by Crippen LogP contribution is -2.23. The molecule has 1 aliphatic heterocycles. The molecule has 0 atom stereocenters. The van der Waals surface area contributed by atoms with Gasteiger partial charge in [0.05, 0.1) is 10.6 Å². The van der Waals surface area contributed by atoms with Crippen LogP contribution in [0.3, 0.4) is 0 Å². The second kappa shape index (κ2) is 9.01. The first-order chi connectivity index (χ1) is 14.6. The Labute approximate surface area is 180 Å². The fourth-order valence-corrected chi connectivity index (χ4v) is 3.96. The number of likely N-dealkylation sites (N-methyl/N-ethyl adjacent to an activating group) is 1. The van der Waals surface area contributed by atoms with E-state index in [0.29, 0.717) is 16.7 Å². The first kappa shape index (κ1) is 20.0. The lowest BCUT2D eigenvalue weighted by molar-refractivity contribution is -0.121. The Balaban J connectivity index is 1.55. The molecular formula is C25H22N2O2S. The van der Waals surface area contributed by atoms with Gasteiger partial charge in [0.1, 0.15) is 12.4 Å². The second-order valence-corrected chi connectivity index (χ2v) is 8.03. The lowest BCUT2D eigenvalue weighted by atomic mass is 10.1. The number of para-hydroxylation sites is 2. The summed E-state index contributed by atoms with van der Waals surface area (Å²) < 4.78 is 6.05. The monoisotopic (exact) mass is 414 g/mol. The Morgan fingerprint density at radius 2 is 1.67 bits per heavy atom. The van der Waals surface area contributed by atoms with Gasteiger partial charge < -0.3 is 4.74 Å². The number of hydrogen-bond donors (Lipinski definition) is 0. The van der Waals surface area contributed by atoms with Gasteiger partial charge >= 0.3 is 0 Å². The normalized spacial score (nSPS) is 16.5. The Kier molecular flexibility index (Phi) is 6.00. The number of amidine groups is 1. The highest BCUT2D eigenvalue weighted by molar-refractivity contribution is 8.18. The van der Waals surface area contributed by atoms with Gasteiger partial charge in [0, 0.05) is 12.6 Å².